The lowest BCUT2D eigenvalue weighted by molar-refractivity contribution is -0.140. The van der Waals surface area contributed by atoms with Gasteiger partial charge in [-0.05, 0) is 87.1 Å². The highest BCUT2D eigenvalue weighted by atomic mass is 16.4. The van der Waals surface area contributed by atoms with E-state index in [1.807, 2.05) is 32.9 Å². The number of carboxylic acid groups (broad SMARTS) is 1. The first-order valence-electron chi connectivity index (χ1n) is 15.0. The number of aliphatic carboxylic acids is 1. The van der Waals surface area contributed by atoms with E-state index < -0.39 is 11.5 Å². The molecule has 41 heavy (non-hydrogen) atoms. The number of nitrogens with one attached hydrogen (secondary N) is 1. The smallest absolute Gasteiger partial charge is 0.329 e. The fraction of sp³-hybridized carbons (Fsp3) is 0.444. The molecule has 0 aliphatic heterocycles. The van der Waals surface area contributed by atoms with Gasteiger partial charge in [0.2, 0.25) is 0 Å². The van der Waals surface area contributed by atoms with Crippen molar-refractivity contribution in [2.24, 2.45) is 5.41 Å². The van der Waals surface area contributed by atoms with E-state index in [1.54, 1.807) is 12.1 Å². The maximum absolute atomic E-state index is 12.0. The molecule has 3 aliphatic rings. The molecule has 0 saturated heterocycles. The van der Waals surface area contributed by atoms with Crippen molar-refractivity contribution in [2.45, 2.75) is 98.1 Å². The van der Waals surface area contributed by atoms with Crippen molar-refractivity contribution in [1.82, 2.24) is 5.32 Å². The molecule has 0 radical (unpaired) electrons. The minimum absolute atomic E-state index is 0.0500. The number of carbonyl (C=O) groups is 2. The number of rotatable bonds is 7. The van der Waals surface area contributed by atoms with Crippen molar-refractivity contribution in [3.8, 4) is 0 Å². The van der Waals surface area contributed by atoms with Crippen LogP contribution < -0.4 is 5.32 Å². The minimum Gasteiger partial charge on any atom is -0.480 e. The summed E-state index contributed by atoms with van der Waals surface area (Å²) in [6, 6.07) is 16.1. The SMILES string of the molecule is C/C=C\C1=C(Cc2ccc(C)cc2)C=C2CCC(O)C2(C)C1.CC.CCc1ccccc1C(=O)NC1(C(=O)O)CC1. The topological polar surface area (TPSA) is 86.6 Å². The molecule has 2 aromatic carbocycles. The molecule has 2 fully saturated rings. The number of hydrogen-bond donors (Lipinski definition) is 3. The molecular formula is C36H47NO4. The van der Waals surface area contributed by atoms with Gasteiger partial charge in [-0.2, -0.15) is 0 Å². The molecule has 3 N–H and O–H groups in total. The first-order chi connectivity index (χ1) is 19.6. The van der Waals surface area contributed by atoms with Gasteiger partial charge in [-0.1, -0.05) is 99.5 Å². The summed E-state index contributed by atoms with van der Waals surface area (Å²) < 4.78 is 0. The predicted octanol–water partition coefficient (Wildman–Crippen LogP) is 7.52. The van der Waals surface area contributed by atoms with Crippen molar-refractivity contribution in [2.75, 3.05) is 0 Å². The molecule has 0 aromatic heterocycles. The van der Waals surface area contributed by atoms with Crippen LogP contribution in [0.3, 0.4) is 0 Å². The van der Waals surface area contributed by atoms with Gasteiger partial charge in [-0.25, -0.2) is 4.79 Å². The van der Waals surface area contributed by atoms with Gasteiger partial charge in [0.05, 0.1) is 6.10 Å². The monoisotopic (exact) mass is 557 g/mol. The third kappa shape index (κ3) is 7.45. The Morgan fingerprint density at radius 3 is 2.32 bits per heavy atom. The average Bonchev–Trinajstić information content (AvgIpc) is 3.71. The summed E-state index contributed by atoms with van der Waals surface area (Å²) in [7, 11) is 0. The van der Waals surface area contributed by atoms with Gasteiger partial charge in [0.15, 0.2) is 0 Å². The summed E-state index contributed by atoms with van der Waals surface area (Å²) in [4.78, 5) is 23.0. The van der Waals surface area contributed by atoms with Crippen molar-refractivity contribution in [3.63, 3.8) is 0 Å². The van der Waals surface area contributed by atoms with Crippen LogP contribution in [0.25, 0.3) is 0 Å². The molecule has 220 valence electrons. The Kier molecular flexibility index (Phi) is 10.9. The second-order valence-electron chi connectivity index (χ2n) is 11.4. The highest BCUT2D eigenvalue weighted by Gasteiger charge is 2.51. The van der Waals surface area contributed by atoms with Crippen LogP contribution in [0.4, 0.5) is 0 Å². The maximum Gasteiger partial charge on any atom is 0.329 e. The molecule has 0 heterocycles. The average molecular weight is 558 g/mol. The van der Waals surface area contributed by atoms with Crippen LogP contribution in [0, 0.1) is 12.3 Å². The number of carbonyl (C=O) groups excluding carboxylic acids is 1. The van der Waals surface area contributed by atoms with Crippen molar-refractivity contribution < 1.29 is 19.8 Å². The fourth-order valence-corrected chi connectivity index (χ4v) is 5.70. The third-order valence-electron chi connectivity index (χ3n) is 8.51. The third-order valence-corrected chi connectivity index (χ3v) is 8.51. The maximum atomic E-state index is 12.0. The number of hydrogen-bond acceptors (Lipinski definition) is 3. The van der Waals surface area contributed by atoms with E-state index in [9.17, 15) is 14.7 Å². The van der Waals surface area contributed by atoms with Crippen LogP contribution in [0.1, 0.15) is 93.8 Å². The number of aryl methyl sites for hydroxylation is 2. The van der Waals surface area contributed by atoms with Crippen LogP contribution in [-0.4, -0.2) is 33.7 Å². The number of benzene rings is 2. The van der Waals surface area contributed by atoms with Crippen molar-refractivity contribution in [3.05, 3.63) is 106 Å². The van der Waals surface area contributed by atoms with E-state index >= 15 is 0 Å². The first kappa shape index (κ1) is 32.1. The van der Waals surface area contributed by atoms with E-state index in [4.69, 9.17) is 5.11 Å². The molecule has 0 spiro atoms. The van der Waals surface area contributed by atoms with Crippen LogP contribution in [0.15, 0.2) is 83.5 Å². The quantitative estimate of drug-likeness (QED) is 0.329. The highest BCUT2D eigenvalue weighted by molar-refractivity contribution is 6.00. The fourth-order valence-electron chi connectivity index (χ4n) is 5.70. The van der Waals surface area contributed by atoms with Gasteiger partial charge in [0.25, 0.3) is 5.91 Å². The molecule has 0 bridgehead atoms. The van der Waals surface area contributed by atoms with E-state index in [0.717, 1.165) is 37.7 Å². The van der Waals surface area contributed by atoms with Crippen LogP contribution in [-0.2, 0) is 17.6 Å². The van der Waals surface area contributed by atoms with Gasteiger partial charge in [-0.3, -0.25) is 4.79 Å². The molecule has 2 aromatic rings. The van der Waals surface area contributed by atoms with Gasteiger partial charge < -0.3 is 15.5 Å². The first-order valence-corrected chi connectivity index (χ1v) is 15.0. The second-order valence-corrected chi connectivity index (χ2v) is 11.4. The summed E-state index contributed by atoms with van der Waals surface area (Å²) in [5.74, 6) is -1.23. The lowest BCUT2D eigenvalue weighted by atomic mass is 9.71. The Morgan fingerprint density at radius 2 is 1.73 bits per heavy atom. The summed E-state index contributed by atoms with van der Waals surface area (Å²) in [6.45, 7) is 12.4. The number of aliphatic hydroxyl groups excluding tert-OH is 1. The zero-order chi connectivity index (χ0) is 30.2. The Hall–Kier alpha value is -3.44. The summed E-state index contributed by atoms with van der Waals surface area (Å²) in [6.07, 6.45) is 12.2. The van der Waals surface area contributed by atoms with Crippen molar-refractivity contribution in [1.29, 1.82) is 0 Å². The molecule has 2 unspecified atom stereocenters. The molecule has 3 aliphatic carbocycles. The summed E-state index contributed by atoms with van der Waals surface area (Å²) >= 11 is 0. The van der Waals surface area contributed by atoms with Crippen LogP contribution >= 0.6 is 0 Å². The van der Waals surface area contributed by atoms with E-state index in [2.05, 4.69) is 68.6 Å². The predicted molar refractivity (Wildman–Crippen MR) is 167 cm³/mol. The van der Waals surface area contributed by atoms with Gasteiger partial charge in [-0.15, -0.1) is 0 Å². The normalized spacial score (nSPS) is 22.0. The van der Waals surface area contributed by atoms with Gasteiger partial charge in [0, 0.05) is 11.0 Å². The highest BCUT2D eigenvalue weighted by Crippen LogP contribution is 2.51. The zero-order valence-electron chi connectivity index (χ0n) is 25.6. The van der Waals surface area contributed by atoms with E-state index in [1.165, 1.54) is 27.8 Å². The van der Waals surface area contributed by atoms with Crippen molar-refractivity contribution >= 4 is 11.9 Å². The summed E-state index contributed by atoms with van der Waals surface area (Å²) in [5, 5.41) is 22.0. The number of carboxylic acids is 1. The minimum atomic E-state index is -1.02. The largest absolute Gasteiger partial charge is 0.480 e. The Balaban J connectivity index is 0.000000219. The molecule has 5 nitrogen and oxygen atoms in total. The Morgan fingerprint density at radius 1 is 1.07 bits per heavy atom. The molecule has 2 atom stereocenters. The molecular weight excluding hydrogens is 510 g/mol. The van der Waals surface area contributed by atoms with Gasteiger partial charge in [0.1, 0.15) is 5.54 Å². The molecule has 5 rings (SSSR count). The lowest BCUT2D eigenvalue weighted by Gasteiger charge is -2.35. The Bertz CT molecular complexity index is 1310. The number of amides is 1. The van der Waals surface area contributed by atoms with Gasteiger partial charge >= 0.3 is 5.97 Å². The molecule has 2 saturated carbocycles. The van der Waals surface area contributed by atoms with E-state index in [-0.39, 0.29) is 17.4 Å². The van der Waals surface area contributed by atoms with Crippen LogP contribution in [0.2, 0.25) is 0 Å². The summed E-state index contributed by atoms with van der Waals surface area (Å²) in [5.41, 5.74) is 7.35. The molecule has 1 amide bonds. The second kappa shape index (κ2) is 14.0. The Labute approximate surface area is 246 Å². The molecule has 5 heteroatoms. The standard InChI is InChI=1S/C21H26O.C13H15NO3.C2H6/c1-4-5-17-14-21(3)19(10-11-20(21)22)13-18(17)12-16-8-6-15(2)7-9-16;1-2-9-5-3-4-6-10(9)11(15)14-13(7-8-13)12(16)17;1-2/h4-9,13,20,22H,10-12,14H2,1-3H3;3-6H,2,7-8H2,1H3,(H,14,15)(H,16,17);1-2H3/b5-4-;;. The van der Waals surface area contributed by atoms with Crippen LogP contribution in [0.5, 0.6) is 0 Å². The lowest BCUT2D eigenvalue weighted by Crippen LogP contribution is -2.43. The van der Waals surface area contributed by atoms with E-state index in [0.29, 0.717) is 18.4 Å². The number of fused-ring (bicyclic) bond motifs is 1. The number of aliphatic hydroxyl groups is 1. The number of allylic oxidation sites excluding steroid dienone is 5. The zero-order valence-corrected chi connectivity index (χ0v) is 25.6.